The van der Waals surface area contributed by atoms with Gasteiger partial charge in [-0.3, -0.25) is 0 Å². The molecule has 0 saturated carbocycles. The first-order chi connectivity index (χ1) is 11.6. The second-order valence-electron chi connectivity index (χ2n) is 5.89. The van der Waals surface area contributed by atoms with Crippen LogP contribution >= 0.6 is 0 Å². The van der Waals surface area contributed by atoms with Gasteiger partial charge in [0.1, 0.15) is 0 Å². The van der Waals surface area contributed by atoms with Crippen molar-refractivity contribution in [2.45, 2.75) is 13.0 Å². The second kappa shape index (κ2) is 5.71. The molecule has 0 amide bonds. The van der Waals surface area contributed by atoms with Crippen LogP contribution in [0.4, 0.5) is 18.9 Å². The third-order valence-electron chi connectivity index (χ3n) is 4.39. The van der Waals surface area contributed by atoms with Crippen LogP contribution in [0.3, 0.4) is 0 Å². The molecule has 3 aromatic carbocycles. The van der Waals surface area contributed by atoms with E-state index in [2.05, 4.69) is 17.4 Å². The first kappa shape index (κ1) is 14.8. The number of hydrogen-bond acceptors (Lipinski definition) is 1. The predicted molar refractivity (Wildman–Crippen MR) is 88.3 cm³/mol. The Morgan fingerprint density at radius 3 is 2.46 bits per heavy atom. The summed E-state index contributed by atoms with van der Waals surface area (Å²) in [6.45, 7) is 0.0920. The van der Waals surface area contributed by atoms with E-state index in [9.17, 15) is 13.2 Å². The number of fused-ring (bicyclic) bond motifs is 3. The van der Waals surface area contributed by atoms with Crippen LogP contribution < -0.4 is 5.32 Å². The molecule has 0 radical (unpaired) electrons. The fourth-order valence-electron chi connectivity index (χ4n) is 3.15. The van der Waals surface area contributed by atoms with Crippen LogP contribution in [0.2, 0.25) is 0 Å². The van der Waals surface area contributed by atoms with E-state index in [0.717, 1.165) is 18.2 Å². The normalized spacial score (nSPS) is 12.0. The van der Waals surface area contributed by atoms with Crippen molar-refractivity contribution in [2.24, 2.45) is 0 Å². The summed E-state index contributed by atoms with van der Waals surface area (Å²) in [6.07, 6.45) is 0.862. The lowest BCUT2D eigenvalue weighted by Crippen LogP contribution is -2.05. The summed E-state index contributed by atoms with van der Waals surface area (Å²) >= 11 is 0. The summed E-state index contributed by atoms with van der Waals surface area (Å²) in [4.78, 5) is 0. The Balaban J connectivity index is 1.55. The number of hydrogen-bond donors (Lipinski definition) is 1. The number of benzene rings is 3. The topological polar surface area (TPSA) is 12.0 Å². The minimum Gasteiger partial charge on any atom is -0.381 e. The van der Waals surface area contributed by atoms with Gasteiger partial charge in [0.05, 0.1) is 0 Å². The van der Waals surface area contributed by atoms with Gasteiger partial charge < -0.3 is 5.32 Å². The quantitative estimate of drug-likeness (QED) is 0.505. The largest absolute Gasteiger partial charge is 0.381 e. The minimum absolute atomic E-state index is 0.0920. The zero-order chi connectivity index (χ0) is 16.7. The summed E-state index contributed by atoms with van der Waals surface area (Å²) in [7, 11) is 0. The third-order valence-corrected chi connectivity index (χ3v) is 4.39. The number of rotatable bonds is 3. The molecule has 0 atom stereocenters. The Kier molecular flexibility index (Phi) is 3.53. The number of halogens is 3. The maximum absolute atomic E-state index is 13.7. The molecule has 3 aromatic rings. The van der Waals surface area contributed by atoms with Crippen molar-refractivity contribution in [1.29, 1.82) is 0 Å². The SMILES string of the molecule is Fc1ccc(CNc2ccc3c(c2)Cc2ccccc2-3)c(F)c1F. The maximum atomic E-state index is 13.7. The standard InChI is InChI=1S/C20H14F3N/c21-18-8-5-13(19(22)20(18)23)11-24-15-6-7-17-14(10-15)9-12-3-1-2-4-16(12)17/h1-8,10,24H,9,11H2. The zero-order valence-electron chi connectivity index (χ0n) is 12.7. The third kappa shape index (κ3) is 2.44. The van der Waals surface area contributed by atoms with Crippen molar-refractivity contribution < 1.29 is 13.2 Å². The molecule has 0 fully saturated rings. The monoisotopic (exact) mass is 325 g/mol. The molecule has 0 bridgehead atoms. The Labute approximate surface area is 137 Å². The number of anilines is 1. The van der Waals surface area contributed by atoms with Crippen LogP contribution in [0.15, 0.2) is 54.6 Å². The van der Waals surface area contributed by atoms with Gasteiger partial charge in [0.25, 0.3) is 0 Å². The Hall–Kier alpha value is -2.75. The van der Waals surface area contributed by atoms with Crippen LogP contribution in [0.5, 0.6) is 0 Å². The van der Waals surface area contributed by atoms with E-state index in [0.29, 0.717) is 0 Å². The molecule has 1 aliphatic carbocycles. The molecule has 24 heavy (non-hydrogen) atoms. The van der Waals surface area contributed by atoms with Crippen molar-refractivity contribution in [1.82, 2.24) is 0 Å². The van der Waals surface area contributed by atoms with E-state index in [1.807, 2.05) is 30.3 Å². The summed E-state index contributed by atoms with van der Waals surface area (Å²) in [5.41, 5.74) is 5.85. The van der Waals surface area contributed by atoms with Gasteiger partial charge in [-0.1, -0.05) is 36.4 Å². The molecule has 0 saturated heterocycles. The highest BCUT2D eigenvalue weighted by Crippen LogP contribution is 2.37. The zero-order valence-corrected chi connectivity index (χ0v) is 12.7. The summed E-state index contributed by atoms with van der Waals surface area (Å²) < 4.78 is 39.9. The van der Waals surface area contributed by atoms with Gasteiger partial charge in [-0.2, -0.15) is 0 Å². The molecule has 0 unspecified atom stereocenters. The van der Waals surface area contributed by atoms with Gasteiger partial charge in [0, 0.05) is 17.8 Å². The van der Waals surface area contributed by atoms with Crippen molar-refractivity contribution in [3.63, 3.8) is 0 Å². The smallest absolute Gasteiger partial charge is 0.194 e. The molecule has 4 heteroatoms. The van der Waals surface area contributed by atoms with Gasteiger partial charge >= 0.3 is 0 Å². The van der Waals surface area contributed by atoms with E-state index < -0.39 is 17.5 Å². The highest BCUT2D eigenvalue weighted by atomic mass is 19.2. The molecule has 4 rings (SSSR count). The van der Waals surface area contributed by atoms with Crippen LogP contribution in [-0.2, 0) is 13.0 Å². The molecule has 0 aromatic heterocycles. The molecular weight excluding hydrogens is 311 g/mol. The van der Waals surface area contributed by atoms with Crippen molar-refractivity contribution in [3.8, 4) is 11.1 Å². The Morgan fingerprint density at radius 1 is 0.792 bits per heavy atom. The highest BCUT2D eigenvalue weighted by molar-refractivity contribution is 5.78. The fraction of sp³-hybridized carbons (Fsp3) is 0.100. The van der Waals surface area contributed by atoms with Crippen LogP contribution in [0.25, 0.3) is 11.1 Å². The molecule has 0 heterocycles. The lowest BCUT2D eigenvalue weighted by Gasteiger charge is -2.10. The van der Waals surface area contributed by atoms with E-state index >= 15 is 0 Å². The van der Waals surface area contributed by atoms with Crippen LogP contribution in [-0.4, -0.2) is 0 Å². The lowest BCUT2D eigenvalue weighted by molar-refractivity contribution is 0.442. The van der Waals surface area contributed by atoms with E-state index in [1.54, 1.807) is 0 Å². The fourth-order valence-corrected chi connectivity index (χ4v) is 3.15. The summed E-state index contributed by atoms with van der Waals surface area (Å²) in [5, 5.41) is 3.08. The molecular formula is C20H14F3N. The van der Waals surface area contributed by atoms with Gasteiger partial charge in [0.15, 0.2) is 17.5 Å². The van der Waals surface area contributed by atoms with Crippen LogP contribution in [0, 0.1) is 17.5 Å². The average molecular weight is 325 g/mol. The molecule has 120 valence electrons. The lowest BCUT2D eigenvalue weighted by atomic mass is 10.1. The van der Waals surface area contributed by atoms with Gasteiger partial charge in [-0.15, -0.1) is 0 Å². The van der Waals surface area contributed by atoms with Gasteiger partial charge in [0.2, 0.25) is 0 Å². The Bertz CT molecular complexity index is 934. The maximum Gasteiger partial charge on any atom is 0.194 e. The molecule has 1 nitrogen and oxygen atoms in total. The van der Waals surface area contributed by atoms with Crippen molar-refractivity contribution in [2.75, 3.05) is 5.32 Å². The molecule has 0 spiro atoms. The first-order valence-electron chi connectivity index (χ1n) is 7.71. The molecule has 1 aliphatic rings. The number of nitrogens with one attached hydrogen (secondary N) is 1. The molecule has 0 aliphatic heterocycles. The van der Waals surface area contributed by atoms with Crippen LogP contribution in [0.1, 0.15) is 16.7 Å². The van der Waals surface area contributed by atoms with Gasteiger partial charge in [-0.05, 0) is 46.9 Å². The predicted octanol–water partition coefficient (Wildman–Crippen LogP) is 5.29. The van der Waals surface area contributed by atoms with Gasteiger partial charge in [-0.25, -0.2) is 13.2 Å². The Morgan fingerprint density at radius 2 is 1.58 bits per heavy atom. The van der Waals surface area contributed by atoms with Crippen molar-refractivity contribution in [3.05, 3.63) is 88.7 Å². The summed E-state index contributed by atoms with van der Waals surface area (Å²) in [6, 6.07) is 16.4. The second-order valence-corrected chi connectivity index (χ2v) is 5.89. The van der Waals surface area contributed by atoms with E-state index in [4.69, 9.17) is 0 Å². The highest BCUT2D eigenvalue weighted by Gasteiger charge is 2.18. The van der Waals surface area contributed by atoms with Crippen molar-refractivity contribution >= 4 is 5.69 Å². The first-order valence-corrected chi connectivity index (χ1v) is 7.71. The summed E-state index contributed by atoms with van der Waals surface area (Å²) in [5.74, 6) is -3.75. The molecule has 1 N–H and O–H groups in total. The average Bonchev–Trinajstić information content (AvgIpc) is 2.97. The van der Waals surface area contributed by atoms with E-state index in [1.165, 1.54) is 28.3 Å². The minimum atomic E-state index is -1.43. The van der Waals surface area contributed by atoms with E-state index in [-0.39, 0.29) is 12.1 Å².